The van der Waals surface area contributed by atoms with Gasteiger partial charge in [0.1, 0.15) is 11.9 Å². The van der Waals surface area contributed by atoms with Gasteiger partial charge in [0, 0.05) is 67.2 Å². The van der Waals surface area contributed by atoms with E-state index >= 15 is 0 Å². The molecule has 7 nitrogen and oxygen atoms in total. The molecule has 1 aromatic carbocycles. The lowest BCUT2D eigenvalue weighted by Crippen LogP contribution is -2.44. The van der Waals surface area contributed by atoms with Crippen molar-refractivity contribution >= 4 is 17.8 Å². The molecular weight excluding hydrogens is 420 g/mol. The second-order valence-electron chi connectivity index (χ2n) is 7.88. The summed E-state index contributed by atoms with van der Waals surface area (Å²) in [7, 11) is 0. The van der Waals surface area contributed by atoms with Crippen LogP contribution in [0.2, 0.25) is 0 Å². The standard InChI is InChI=1S/C24H26N6OS/c25-17-20-16-23(28-24(20)29-9-7-26-8-10-29)19-5-6-27-22(15-19)18-1-3-21(4-2-18)32-30-11-13-31-14-12-30/h1-6,15-16,26,28H,7-14H2. The van der Waals surface area contributed by atoms with Crippen LogP contribution in [0.3, 0.4) is 0 Å². The van der Waals surface area contributed by atoms with Crippen LogP contribution in [0.25, 0.3) is 22.5 Å². The Hall–Kier alpha value is -2.83. The molecule has 0 atom stereocenters. The normalized spacial score (nSPS) is 17.3. The van der Waals surface area contributed by atoms with E-state index in [2.05, 4.69) is 60.9 Å². The number of pyridine rings is 1. The van der Waals surface area contributed by atoms with Gasteiger partial charge in [0.05, 0.1) is 24.5 Å². The van der Waals surface area contributed by atoms with Gasteiger partial charge in [-0.3, -0.25) is 4.98 Å². The number of aromatic nitrogens is 2. The zero-order chi connectivity index (χ0) is 21.8. The summed E-state index contributed by atoms with van der Waals surface area (Å²) in [5, 5.41) is 13.0. The lowest BCUT2D eigenvalue weighted by Gasteiger charge is -2.28. The monoisotopic (exact) mass is 446 g/mol. The number of rotatable bonds is 5. The summed E-state index contributed by atoms with van der Waals surface area (Å²) >= 11 is 1.78. The first-order valence-corrected chi connectivity index (χ1v) is 11.7. The number of H-pyrrole nitrogens is 1. The number of piperazine rings is 1. The van der Waals surface area contributed by atoms with E-state index in [-0.39, 0.29) is 0 Å². The number of aromatic amines is 1. The van der Waals surface area contributed by atoms with Gasteiger partial charge >= 0.3 is 0 Å². The first-order valence-electron chi connectivity index (χ1n) is 11.0. The van der Waals surface area contributed by atoms with E-state index in [9.17, 15) is 5.26 Å². The smallest absolute Gasteiger partial charge is 0.124 e. The second-order valence-corrected chi connectivity index (χ2v) is 9.05. The Morgan fingerprint density at radius 1 is 0.969 bits per heavy atom. The maximum Gasteiger partial charge on any atom is 0.124 e. The lowest BCUT2D eigenvalue weighted by atomic mass is 10.1. The Morgan fingerprint density at radius 3 is 2.50 bits per heavy atom. The molecule has 164 valence electrons. The Balaban J connectivity index is 1.35. The van der Waals surface area contributed by atoms with Crippen molar-refractivity contribution in [3.05, 3.63) is 54.2 Å². The number of benzene rings is 1. The maximum absolute atomic E-state index is 9.65. The average Bonchev–Trinajstić information content (AvgIpc) is 3.31. The molecule has 0 amide bonds. The van der Waals surface area contributed by atoms with Crippen molar-refractivity contribution in [1.82, 2.24) is 19.6 Å². The highest BCUT2D eigenvalue weighted by Gasteiger charge is 2.18. The van der Waals surface area contributed by atoms with Gasteiger partial charge in [0.15, 0.2) is 0 Å². The van der Waals surface area contributed by atoms with Crippen LogP contribution < -0.4 is 10.2 Å². The molecular formula is C24H26N6OS. The summed E-state index contributed by atoms with van der Waals surface area (Å²) in [6, 6.07) is 16.9. The van der Waals surface area contributed by atoms with E-state index in [0.717, 1.165) is 80.8 Å². The zero-order valence-electron chi connectivity index (χ0n) is 17.9. The van der Waals surface area contributed by atoms with Crippen LogP contribution in [-0.2, 0) is 4.74 Å². The van der Waals surface area contributed by atoms with Crippen molar-refractivity contribution in [2.75, 3.05) is 57.4 Å². The largest absolute Gasteiger partial charge is 0.379 e. The molecule has 2 aliphatic heterocycles. The molecule has 3 aromatic rings. The lowest BCUT2D eigenvalue weighted by molar-refractivity contribution is 0.0773. The van der Waals surface area contributed by atoms with Gasteiger partial charge in [-0.1, -0.05) is 12.1 Å². The Kier molecular flexibility index (Phi) is 6.41. The molecule has 0 radical (unpaired) electrons. The number of ether oxygens (including phenoxy) is 1. The highest BCUT2D eigenvalue weighted by atomic mass is 32.2. The summed E-state index contributed by atoms with van der Waals surface area (Å²) in [5.41, 5.74) is 4.65. The predicted molar refractivity (Wildman–Crippen MR) is 128 cm³/mol. The minimum atomic E-state index is 0.685. The molecule has 0 bridgehead atoms. The third kappa shape index (κ3) is 4.66. The maximum atomic E-state index is 9.65. The molecule has 2 N–H and O–H groups in total. The summed E-state index contributed by atoms with van der Waals surface area (Å²) in [4.78, 5) is 11.5. The number of hydrogen-bond donors (Lipinski definition) is 2. The Labute approximate surface area is 192 Å². The van der Waals surface area contributed by atoms with Crippen molar-refractivity contribution in [2.45, 2.75) is 4.90 Å². The van der Waals surface area contributed by atoms with Gasteiger partial charge in [-0.2, -0.15) is 5.26 Å². The Morgan fingerprint density at radius 2 is 1.75 bits per heavy atom. The van der Waals surface area contributed by atoms with Crippen LogP contribution in [0.1, 0.15) is 5.56 Å². The molecule has 32 heavy (non-hydrogen) atoms. The number of anilines is 1. The summed E-state index contributed by atoms with van der Waals surface area (Å²) in [6.45, 7) is 7.14. The topological polar surface area (TPSA) is 80.2 Å². The molecule has 0 saturated carbocycles. The highest BCUT2D eigenvalue weighted by molar-refractivity contribution is 7.97. The quantitative estimate of drug-likeness (QED) is 0.582. The second kappa shape index (κ2) is 9.76. The van der Waals surface area contributed by atoms with Crippen LogP contribution in [0.5, 0.6) is 0 Å². The minimum Gasteiger partial charge on any atom is -0.379 e. The van der Waals surface area contributed by atoms with Crippen molar-refractivity contribution in [1.29, 1.82) is 5.26 Å². The highest BCUT2D eigenvalue weighted by Crippen LogP contribution is 2.31. The molecule has 8 heteroatoms. The fourth-order valence-electron chi connectivity index (χ4n) is 4.05. The summed E-state index contributed by atoms with van der Waals surface area (Å²) in [6.07, 6.45) is 1.83. The molecule has 0 spiro atoms. The van der Waals surface area contributed by atoms with E-state index in [4.69, 9.17) is 4.74 Å². The van der Waals surface area contributed by atoms with Gasteiger partial charge in [-0.05, 0) is 42.3 Å². The molecule has 2 fully saturated rings. The molecule has 5 rings (SSSR count). The van der Waals surface area contributed by atoms with Gasteiger partial charge in [0.2, 0.25) is 0 Å². The fraction of sp³-hybridized carbons (Fsp3) is 0.333. The van der Waals surface area contributed by atoms with Crippen molar-refractivity contribution < 1.29 is 4.74 Å². The van der Waals surface area contributed by atoms with Gasteiger partial charge in [0.25, 0.3) is 0 Å². The van der Waals surface area contributed by atoms with Gasteiger partial charge in [-0.25, -0.2) is 4.31 Å². The molecule has 2 saturated heterocycles. The van der Waals surface area contributed by atoms with Crippen LogP contribution in [0.15, 0.2) is 53.6 Å². The van der Waals surface area contributed by atoms with Crippen LogP contribution in [-0.4, -0.2) is 66.8 Å². The SMILES string of the molecule is N#Cc1cc(-c2ccnc(-c3ccc(SN4CCOCC4)cc3)c2)[nH]c1N1CCNCC1. The zero-order valence-corrected chi connectivity index (χ0v) is 18.7. The number of morpholine rings is 1. The molecule has 0 aliphatic carbocycles. The molecule has 4 heterocycles. The first kappa shape index (κ1) is 21.0. The van der Waals surface area contributed by atoms with E-state index in [1.54, 1.807) is 11.9 Å². The molecule has 2 aliphatic rings. The average molecular weight is 447 g/mol. The summed E-state index contributed by atoms with van der Waals surface area (Å²) < 4.78 is 7.76. The van der Waals surface area contributed by atoms with Gasteiger partial charge < -0.3 is 19.9 Å². The van der Waals surface area contributed by atoms with Crippen LogP contribution >= 0.6 is 11.9 Å². The molecule has 2 aromatic heterocycles. The van der Waals surface area contributed by atoms with E-state index in [1.807, 2.05) is 18.3 Å². The van der Waals surface area contributed by atoms with E-state index in [1.165, 1.54) is 4.90 Å². The fourth-order valence-corrected chi connectivity index (χ4v) is 4.94. The van der Waals surface area contributed by atoms with E-state index in [0.29, 0.717) is 5.56 Å². The Bertz CT molecular complexity index is 1090. The third-order valence-electron chi connectivity index (χ3n) is 5.78. The summed E-state index contributed by atoms with van der Waals surface area (Å²) in [5.74, 6) is 0.909. The van der Waals surface area contributed by atoms with Crippen molar-refractivity contribution in [2.24, 2.45) is 0 Å². The van der Waals surface area contributed by atoms with Crippen molar-refractivity contribution in [3.63, 3.8) is 0 Å². The minimum absolute atomic E-state index is 0.685. The number of nitriles is 1. The van der Waals surface area contributed by atoms with Crippen LogP contribution in [0, 0.1) is 11.3 Å². The molecule has 0 unspecified atom stereocenters. The number of hydrogen-bond acceptors (Lipinski definition) is 7. The first-order chi connectivity index (χ1) is 15.8. The van der Waals surface area contributed by atoms with E-state index < -0.39 is 0 Å². The van der Waals surface area contributed by atoms with Crippen LogP contribution in [0.4, 0.5) is 5.82 Å². The third-order valence-corrected chi connectivity index (χ3v) is 6.88. The number of nitrogens with zero attached hydrogens (tertiary/aromatic N) is 4. The number of nitrogens with one attached hydrogen (secondary N) is 2. The predicted octanol–water partition coefficient (Wildman–Crippen LogP) is 3.36. The van der Waals surface area contributed by atoms with Crippen molar-refractivity contribution in [3.8, 4) is 28.6 Å². The van der Waals surface area contributed by atoms with Gasteiger partial charge in [-0.15, -0.1) is 0 Å².